The molecule has 0 unspecified atom stereocenters. The molecule has 1 aromatic rings. The summed E-state index contributed by atoms with van der Waals surface area (Å²) in [5, 5.41) is 2.78. The molecule has 0 saturated heterocycles. The van der Waals surface area contributed by atoms with Gasteiger partial charge < -0.3 is 11.1 Å². The van der Waals surface area contributed by atoms with Gasteiger partial charge in [0.25, 0.3) is 0 Å². The zero-order chi connectivity index (χ0) is 11.3. The summed E-state index contributed by atoms with van der Waals surface area (Å²) < 4.78 is 0. The third-order valence-electron chi connectivity index (χ3n) is 2.41. The average Bonchev–Trinajstić information content (AvgIpc) is 2.29. The van der Waals surface area contributed by atoms with Gasteiger partial charge in [0.1, 0.15) is 0 Å². The number of carbonyl (C=O) groups is 1. The zero-order valence-corrected chi connectivity index (χ0v) is 10.5. The molecule has 0 saturated carbocycles. The van der Waals surface area contributed by atoms with Crippen LogP contribution < -0.4 is 11.1 Å². The van der Waals surface area contributed by atoms with Gasteiger partial charge in [-0.3, -0.25) is 4.79 Å². The van der Waals surface area contributed by atoms with Crippen LogP contribution in [0.4, 0.5) is 5.69 Å². The Morgan fingerprint density at radius 1 is 1.31 bits per heavy atom. The molecule has 0 aliphatic carbocycles. The van der Waals surface area contributed by atoms with Crippen molar-refractivity contribution in [2.45, 2.75) is 32.7 Å². The lowest BCUT2D eigenvalue weighted by Gasteiger charge is -2.10. The van der Waals surface area contributed by atoms with Crippen LogP contribution in [0.2, 0.25) is 0 Å². The van der Waals surface area contributed by atoms with Crippen molar-refractivity contribution < 1.29 is 4.79 Å². The Labute approximate surface area is 103 Å². The number of nitrogens with two attached hydrogens (primary N) is 1. The van der Waals surface area contributed by atoms with Crippen LogP contribution in [0.3, 0.4) is 0 Å². The van der Waals surface area contributed by atoms with Gasteiger partial charge in [-0.25, -0.2) is 0 Å². The molecule has 0 bridgehead atoms. The number of hydrogen-bond donors (Lipinski definition) is 2. The standard InChI is InChI=1S/C12H18N2O.ClH/c1-3-9-5-7-10(8-6-9)14-12(15)11(13)4-2;/h5-8,11H,3-4,13H2,1-2H3,(H,14,15);1H/t11-;/m0./s1. The summed E-state index contributed by atoms with van der Waals surface area (Å²) in [6, 6.07) is 7.40. The number of halogens is 1. The molecule has 90 valence electrons. The Morgan fingerprint density at radius 2 is 1.88 bits per heavy atom. The molecule has 0 aliphatic heterocycles. The molecular weight excluding hydrogens is 224 g/mol. The van der Waals surface area contributed by atoms with Gasteiger partial charge in [-0.1, -0.05) is 26.0 Å². The number of anilines is 1. The van der Waals surface area contributed by atoms with E-state index in [9.17, 15) is 4.79 Å². The molecule has 0 radical (unpaired) electrons. The summed E-state index contributed by atoms with van der Waals surface area (Å²) in [4.78, 5) is 11.5. The molecule has 1 aromatic carbocycles. The van der Waals surface area contributed by atoms with Crippen LogP contribution >= 0.6 is 12.4 Å². The molecule has 4 heteroatoms. The van der Waals surface area contributed by atoms with Gasteiger partial charge in [0.15, 0.2) is 0 Å². The van der Waals surface area contributed by atoms with Gasteiger partial charge >= 0.3 is 0 Å². The maximum Gasteiger partial charge on any atom is 0.241 e. The molecule has 1 amide bonds. The van der Waals surface area contributed by atoms with Crippen LogP contribution in [0.1, 0.15) is 25.8 Å². The predicted molar refractivity (Wildman–Crippen MR) is 70.0 cm³/mol. The van der Waals surface area contributed by atoms with Gasteiger partial charge in [-0.05, 0) is 30.5 Å². The molecule has 0 heterocycles. The Hall–Kier alpha value is -1.06. The van der Waals surface area contributed by atoms with E-state index in [1.807, 2.05) is 31.2 Å². The fraction of sp³-hybridized carbons (Fsp3) is 0.417. The van der Waals surface area contributed by atoms with Gasteiger partial charge in [0.2, 0.25) is 5.91 Å². The number of carbonyl (C=O) groups excluding carboxylic acids is 1. The van der Waals surface area contributed by atoms with E-state index < -0.39 is 6.04 Å². The smallest absolute Gasteiger partial charge is 0.241 e. The number of aryl methyl sites for hydroxylation is 1. The molecule has 0 aliphatic rings. The average molecular weight is 243 g/mol. The van der Waals surface area contributed by atoms with Gasteiger partial charge in [0, 0.05) is 5.69 Å². The molecule has 3 nitrogen and oxygen atoms in total. The predicted octanol–water partition coefficient (Wildman–Crippen LogP) is 2.35. The second kappa shape index (κ2) is 7.25. The van der Waals surface area contributed by atoms with Crippen molar-refractivity contribution >= 4 is 24.0 Å². The van der Waals surface area contributed by atoms with E-state index in [0.29, 0.717) is 6.42 Å². The molecule has 0 fully saturated rings. The normalized spacial score (nSPS) is 11.4. The second-order valence-corrected chi connectivity index (χ2v) is 3.55. The van der Waals surface area contributed by atoms with Crippen molar-refractivity contribution in [3.05, 3.63) is 29.8 Å². The highest BCUT2D eigenvalue weighted by Crippen LogP contribution is 2.10. The van der Waals surface area contributed by atoms with E-state index >= 15 is 0 Å². The van der Waals surface area contributed by atoms with E-state index in [1.165, 1.54) is 5.56 Å². The van der Waals surface area contributed by atoms with E-state index in [2.05, 4.69) is 12.2 Å². The second-order valence-electron chi connectivity index (χ2n) is 3.55. The summed E-state index contributed by atoms with van der Waals surface area (Å²) in [6.45, 7) is 3.99. The van der Waals surface area contributed by atoms with E-state index in [1.54, 1.807) is 0 Å². The van der Waals surface area contributed by atoms with Crippen LogP contribution in [0.5, 0.6) is 0 Å². The third kappa shape index (κ3) is 4.21. The minimum Gasteiger partial charge on any atom is -0.325 e. The first-order chi connectivity index (χ1) is 7.17. The number of hydrogen-bond acceptors (Lipinski definition) is 2. The third-order valence-corrected chi connectivity index (χ3v) is 2.41. The number of benzene rings is 1. The maximum atomic E-state index is 11.5. The summed E-state index contributed by atoms with van der Waals surface area (Å²) in [7, 11) is 0. The summed E-state index contributed by atoms with van der Waals surface area (Å²) in [6.07, 6.45) is 1.65. The molecule has 16 heavy (non-hydrogen) atoms. The molecule has 0 spiro atoms. The van der Waals surface area contributed by atoms with E-state index in [0.717, 1.165) is 12.1 Å². The quantitative estimate of drug-likeness (QED) is 0.852. The molecule has 0 aromatic heterocycles. The largest absolute Gasteiger partial charge is 0.325 e. The van der Waals surface area contributed by atoms with Crippen molar-refractivity contribution in [2.24, 2.45) is 5.73 Å². The molecule has 1 atom stereocenters. The first kappa shape index (κ1) is 14.9. The summed E-state index contributed by atoms with van der Waals surface area (Å²) in [5.41, 5.74) is 7.67. The monoisotopic (exact) mass is 242 g/mol. The van der Waals surface area contributed by atoms with E-state index in [-0.39, 0.29) is 18.3 Å². The molecular formula is C12H19ClN2O. The number of amides is 1. The van der Waals surface area contributed by atoms with E-state index in [4.69, 9.17) is 5.73 Å². The Balaban J connectivity index is 0.00000225. The van der Waals surface area contributed by atoms with Crippen LogP contribution in [-0.2, 0) is 11.2 Å². The Bertz CT molecular complexity index is 324. The van der Waals surface area contributed by atoms with Crippen molar-refractivity contribution in [1.29, 1.82) is 0 Å². The lowest BCUT2D eigenvalue weighted by atomic mass is 10.1. The number of rotatable bonds is 4. The van der Waals surface area contributed by atoms with Crippen LogP contribution in [0.25, 0.3) is 0 Å². The highest BCUT2D eigenvalue weighted by molar-refractivity contribution is 5.94. The Kier molecular flexibility index (Phi) is 6.77. The van der Waals surface area contributed by atoms with Gasteiger partial charge in [-0.15, -0.1) is 12.4 Å². The SMILES string of the molecule is CCc1ccc(NC(=O)[C@@H](N)CC)cc1.Cl. The Morgan fingerprint density at radius 3 is 2.31 bits per heavy atom. The molecule has 3 N–H and O–H groups in total. The number of nitrogens with one attached hydrogen (secondary N) is 1. The van der Waals surface area contributed by atoms with Crippen molar-refractivity contribution in [3.63, 3.8) is 0 Å². The summed E-state index contributed by atoms with van der Waals surface area (Å²) >= 11 is 0. The first-order valence-electron chi connectivity index (χ1n) is 5.32. The minimum atomic E-state index is -0.421. The lowest BCUT2D eigenvalue weighted by Crippen LogP contribution is -2.34. The topological polar surface area (TPSA) is 55.1 Å². The lowest BCUT2D eigenvalue weighted by molar-refractivity contribution is -0.117. The summed E-state index contributed by atoms with van der Waals surface area (Å²) in [5.74, 6) is -0.123. The van der Waals surface area contributed by atoms with Gasteiger partial charge in [-0.2, -0.15) is 0 Å². The fourth-order valence-corrected chi connectivity index (χ4v) is 1.24. The van der Waals surface area contributed by atoms with Crippen molar-refractivity contribution in [3.8, 4) is 0 Å². The maximum absolute atomic E-state index is 11.5. The van der Waals surface area contributed by atoms with Crippen molar-refractivity contribution in [1.82, 2.24) is 0 Å². The van der Waals surface area contributed by atoms with Crippen LogP contribution in [0.15, 0.2) is 24.3 Å². The molecule has 1 rings (SSSR count). The highest BCUT2D eigenvalue weighted by Gasteiger charge is 2.10. The van der Waals surface area contributed by atoms with Crippen molar-refractivity contribution in [2.75, 3.05) is 5.32 Å². The van der Waals surface area contributed by atoms with Crippen LogP contribution in [-0.4, -0.2) is 11.9 Å². The zero-order valence-electron chi connectivity index (χ0n) is 9.69. The minimum absolute atomic E-state index is 0. The fourth-order valence-electron chi connectivity index (χ4n) is 1.24. The first-order valence-corrected chi connectivity index (χ1v) is 5.32. The van der Waals surface area contributed by atoms with Gasteiger partial charge in [0.05, 0.1) is 6.04 Å². The van der Waals surface area contributed by atoms with Crippen LogP contribution in [0, 0.1) is 0 Å². The highest BCUT2D eigenvalue weighted by atomic mass is 35.5.